The number of carboxylic acid groups (broad SMARTS) is 1. The molecule has 0 saturated heterocycles. The number of likely N-dealkylation sites (N-methyl/N-ethyl adjacent to an activating group) is 1. The second kappa shape index (κ2) is 75.3. The van der Waals surface area contributed by atoms with Crippen molar-refractivity contribution in [2.45, 2.75) is 437 Å². The van der Waals surface area contributed by atoms with Crippen LogP contribution in [-0.4, -0.2) is 87.4 Å². The molecule has 0 fully saturated rings. The van der Waals surface area contributed by atoms with E-state index in [0.29, 0.717) is 17.4 Å². The Hall–Kier alpha value is -2.49. The topological polar surface area (TPSA) is 108 Å². The minimum absolute atomic E-state index is 0.178. The van der Waals surface area contributed by atoms with Gasteiger partial charge in [-0.05, 0) is 51.4 Å². The highest BCUT2D eigenvalue weighted by Crippen LogP contribution is 2.20. The first kappa shape index (κ1) is 90.5. The molecule has 0 aromatic carbocycles. The fraction of sp³-hybridized carbons (Fsp3) is 0.893. The van der Waals surface area contributed by atoms with Crippen molar-refractivity contribution in [1.29, 1.82) is 0 Å². The standard InChI is InChI=1S/C84H159NO8/c1-6-8-10-12-14-16-18-20-22-24-26-28-30-32-34-35-36-37-38-39-40-41-42-43-44-45-46-47-49-50-52-54-56-58-60-62-64-66-68-70-72-74-81(86)91-78-80(79-92-84(83(88)89)90-77-76-85(3,4)5)93-82(87)75-73-71-69-67-65-63-61-59-57-55-53-51-48-33-31-29-27-25-23-21-19-17-15-13-11-9-7-2/h19,21,25,27,31,33,80,84H,6-18,20,22-24,26,28-30,32,34-79H2,1-5H3/p+1/b21-19-,27-25-,33-31-. The number of allylic oxidation sites excluding steroid dienone is 6. The van der Waals surface area contributed by atoms with Crippen molar-refractivity contribution in [1.82, 2.24) is 0 Å². The van der Waals surface area contributed by atoms with Gasteiger partial charge in [-0.1, -0.05) is 397 Å². The third-order valence-corrected chi connectivity index (χ3v) is 18.9. The molecule has 0 aromatic rings. The van der Waals surface area contributed by atoms with Crippen LogP contribution in [0.3, 0.4) is 0 Å². The van der Waals surface area contributed by atoms with Gasteiger partial charge in [0, 0.05) is 12.8 Å². The maximum atomic E-state index is 13.0. The van der Waals surface area contributed by atoms with Crippen LogP contribution in [-0.2, 0) is 33.3 Å². The van der Waals surface area contributed by atoms with Crippen LogP contribution in [0, 0.1) is 0 Å². The van der Waals surface area contributed by atoms with Crippen molar-refractivity contribution >= 4 is 17.9 Å². The van der Waals surface area contributed by atoms with Crippen molar-refractivity contribution in [3.8, 4) is 0 Å². The number of carboxylic acids is 1. The Labute approximate surface area is 579 Å². The number of esters is 2. The molecule has 0 spiro atoms. The van der Waals surface area contributed by atoms with Gasteiger partial charge in [-0.2, -0.15) is 0 Å². The summed E-state index contributed by atoms with van der Waals surface area (Å²) in [5.41, 5.74) is 0. The van der Waals surface area contributed by atoms with Crippen LogP contribution >= 0.6 is 0 Å². The Morgan fingerprint density at radius 3 is 0.860 bits per heavy atom. The van der Waals surface area contributed by atoms with E-state index in [2.05, 4.69) is 50.3 Å². The van der Waals surface area contributed by atoms with Gasteiger partial charge >= 0.3 is 17.9 Å². The molecule has 0 bridgehead atoms. The van der Waals surface area contributed by atoms with Gasteiger partial charge in [-0.15, -0.1) is 0 Å². The molecule has 0 radical (unpaired) electrons. The highest BCUT2D eigenvalue weighted by molar-refractivity contribution is 5.71. The van der Waals surface area contributed by atoms with E-state index < -0.39 is 18.4 Å². The summed E-state index contributed by atoms with van der Waals surface area (Å²) >= 11 is 0. The summed E-state index contributed by atoms with van der Waals surface area (Å²) in [5, 5.41) is 9.77. The summed E-state index contributed by atoms with van der Waals surface area (Å²) in [6.07, 6.45) is 94.7. The lowest BCUT2D eigenvalue weighted by molar-refractivity contribution is -0.870. The van der Waals surface area contributed by atoms with E-state index in [1.54, 1.807) is 0 Å². The Kier molecular flexibility index (Phi) is 73.3. The van der Waals surface area contributed by atoms with E-state index >= 15 is 0 Å². The second-order valence-corrected chi connectivity index (χ2v) is 29.4. The summed E-state index contributed by atoms with van der Waals surface area (Å²) in [5.74, 6) is -1.98. The van der Waals surface area contributed by atoms with E-state index in [-0.39, 0.29) is 38.2 Å². The van der Waals surface area contributed by atoms with Gasteiger partial charge in [0.05, 0.1) is 34.4 Å². The first-order chi connectivity index (χ1) is 45.6. The predicted molar refractivity (Wildman–Crippen MR) is 401 cm³/mol. The Morgan fingerprint density at radius 1 is 0.323 bits per heavy atom. The van der Waals surface area contributed by atoms with Crippen molar-refractivity contribution < 1.29 is 42.9 Å². The minimum Gasteiger partial charge on any atom is -0.477 e. The zero-order valence-corrected chi connectivity index (χ0v) is 63.0. The smallest absolute Gasteiger partial charge is 0.361 e. The lowest BCUT2D eigenvalue weighted by Gasteiger charge is -2.25. The highest BCUT2D eigenvalue weighted by atomic mass is 16.7. The molecule has 0 saturated carbocycles. The van der Waals surface area contributed by atoms with Crippen molar-refractivity contribution in [2.24, 2.45) is 0 Å². The molecule has 9 heteroatoms. The lowest BCUT2D eigenvalue weighted by atomic mass is 10.0. The molecule has 9 nitrogen and oxygen atoms in total. The molecule has 2 atom stereocenters. The zero-order chi connectivity index (χ0) is 67.5. The molecule has 0 aromatic heterocycles. The average Bonchev–Trinajstić information content (AvgIpc) is 3.38. The summed E-state index contributed by atoms with van der Waals surface area (Å²) in [7, 11) is 6.00. The normalized spacial score (nSPS) is 12.7. The molecule has 0 heterocycles. The van der Waals surface area contributed by atoms with Gasteiger partial charge in [0.2, 0.25) is 0 Å². The molecular weight excluding hydrogens is 1150 g/mol. The van der Waals surface area contributed by atoms with Gasteiger partial charge in [0.1, 0.15) is 13.2 Å². The molecule has 0 aliphatic heterocycles. The number of hydrogen-bond donors (Lipinski definition) is 1. The van der Waals surface area contributed by atoms with Crippen LogP contribution in [0.4, 0.5) is 0 Å². The van der Waals surface area contributed by atoms with Gasteiger partial charge in [-0.3, -0.25) is 9.59 Å². The highest BCUT2D eigenvalue weighted by Gasteiger charge is 2.25. The van der Waals surface area contributed by atoms with E-state index in [0.717, 1.165) is 51.4 Å². The number of hydrogen-bond acceptors (Lipinski definition) is 7. The van der Waals surface area contributed by atoms with Gasteiger partial charge in [-0.25, -0.2) is 4.79 Å². The number of carbonyl (C=O) groups is 3. The van der Waals surface area contributed by atoms with E-state index in [9.17, 15) is 19.5 Å². The van der Waals surface area contributed by atoms with Crippen LogP contribution < -0.4 is 0 Å². The van der Waals surface area contributed by atoms with E-state index in [1.165, 1.54) is 347 Å². The summed E-state index contributed by atoms with van der Waals surface area (Å²) < 4.78 is 23.1. The number of ether oxygens (including phenoxy) is 4. The van der Waals surface area contributed by atoms with Crippen LogP contribution in [0.15, 0.2) is 36.5 Å². The Bertz CT molecular complexity index is 1620. The molecule has 0 aliphatic rings. The molecule has 2 unspecified atom stereocenters. The fourth-order valence-electron chi connectivity index (χ4n) is 12.6. The second-order valence-electron chi connectivity index (χ2n) is 29.4. The first-order valence-electron chi connectivity index (χ1n) is 41.2. The molecule has 0 amide bonds. The third-order valence-electron chi connectivity index (χ3n) is 18.9. The Morgan fingerprint density at radius 2 is 0.581 bits per heavy atom. The SMILES string of the molecule is CCCCCCC/C=C\C/C=C\C/C=C\CCCCCCCCCCCCCCC(=O)OC(COC(=O)CCCCCCCCCCCCCCCCCCCCCCCCCCCCCCCCCCCCCCCCCCC)COC(OCC[N+](C)(C)C)C(=O)O. The van der Waals surface area contributed by atoms with Crippen LogP contribution in [0.1, 0.15) is 425 Å². The van der Waals surface area contributed by atoms with Crippen molar-refractivity contribution in [2.75, 3.05) is 47.5 Å². The summed E-state index contributed by atoms with van der Waals surface area (Å²) in [4.78, 5) is 37.7. The van der Waals surface area contributed by atoms with Crippen molar-refractivity contribution in [3.05, 3.63) is 36.5 Å². The quantitative estimate of drug-likeness (QED) is 0.0211. The number of nitrogens with zero attached hydrogens (tertiary/aromatic N) is 1. The molecule has 548 valence electrons. The maximum absolute atomic E-state index is 13.0. The number of rotatable bonds is 78. The van der Waals surface area contributed by atoms with Gasteiger partial charge in [0.25, 0.3) is 6.29 Å². The van der Waals surface area contributed by atoms with Crippen LogP contribution in [0.2, 0.25) is 0 Å². The monoisotopic (exact) mass is 1310 g/mol. The van der Waals surface area contributed by atoms with Crippen LogP contribution in [0.25, 0.3) is 0 Å². The third kappa shape index (κ3) is 76.7. The number of carbonyl (C=O) groups excluding carboxylic acids is 2. The van der Waals surface area contributed by atoms with Crippen LogP contribution in [0.5, 0.6) is 0 Å². The predicted octanol–water partition coefficient (Wildman–Crippen LogP) is 26.3. The number of aliphatic carboxylic acids is 1. The average molecular weight is 1310 g/mol. The molecule has 93 heavy (non-hydrogen) atoms. The molecular formula is C84H160NO8+. The number of unbranched alkanes of at least 4 members (excludes halogenated alkanes) is 57. The molecule has 0 rings (SSSR count). The zero-order valence-electron chi connectivity index (χ0n) is 63.0. The minimum atomic E-state index is -1.51. The largest absolute Gasteiger partial charge is 0.477 e. The first-order valence-corrected chi connectivity index (χ1v) is 41.2. The Balaban J connectivity index is 3.92. The summed E-state index contributed by atoms with van der Waals surface area (Å²) in [6.45, 7) is 4.94. The van der Waals surface area contributed by atoms with E-state index in [1.807, 2.05) is 21.1 Å². The van der Waals surface area contributed by atoms with Gasteiger partial charge < -0.3 is 28.5 Å². The van der Waals surface area contributed by atoms with Gasteiger partial charge in [0.15, 0.2) is 6.10 Å². The summed E-state index contributed by atoms with van der Waals surface area (Å²) in [6, 6.07) is 0. The van der Waals surface area contributed by atoms with E-state index in [4.69, 9.17) is 18.9 Å². The lowest BCUT2D eigenvalue weighted by Crippen LogP contribution is -2.40. The fourth-order valence-corrected chi connectivity index (χ4v) is 12.6. The van der Waals surface area contributed by atoms with Crippen molar-refractivity contribution in [3.63, 3.8) is 0 Å². The number of quaternary nitrogens is 1. The molecule has 1 N–H and O–H groups in total. The molecule has 0 aliphatic carbocycles. The maximum Gasteiger partial charge on any atom is 0.361 e.